The van der Waals surface area contributed by atoms with Crippen LogP contribution in [0.15, 0.2) is 0 Å². The highest BCUT2D eigenvalue weighted by molar-refractivity contribution is 5.76. The smallest absolute Gasteiger partial charge is 0.222 e. The number of rotatable bonds is 5. The highest BCUT2D eigenvalue weighted by Gasteiger charge is 2.26. The summed E-state index contributed by atoms with van der Waals surface area (Å²) in [7, 11) is 0. The van der Waals surface area contributed by atoms with Crippen LogP contribution in [-0.2, 0) is 4.79 Å². The van der Waals surface area contributed by atoms with Crippen molar-refractivity contribution in [3.8, 4) is 0 Å². The lowest BCUT2D eigenvalue weighted by molar-refractivity contribution is -0.134. The Hall–Kier alpha value is -0.610. The molecule has 1 atom stereocenters. The molecule has 0 bridgehead atoms. The van der Waals surface area contributed by atoms with E-state index < -0.39 is 0 Å². The standard InChI is InChI=1S/C17H33N3O/c1-14(2)13-19-8-10-20(11-9-19)17(21)12-15(3)16-4-6-18-7-5-16/h14-16,18H,4-13H2,1-3H3. The minimum Gasteiger partial charge on any atom is -0.340 e. The van der Waals surface area contributed by atoms with E-state index in [9.17, 15) is 4.79 Å². The molecule has 2 aliphatic rings. The first-order valence-electron chi connectivity index (χ1n) is 8.77. The van der Waals surface area contributed by atoms with E-state index in [1.807, 2.05) is 0 Å². The van der Waals surface area contributed by atoms with Gasteiger partial charge in [0, 0.05) is 39.1 Å². The first-order valence-corrected chi connectivity index (χ1v) is 8.77. The summed E-state index contributed by atoms with van der Waals surface area (Å²) in [5.41, 5.74) is 0. The molecule has 2 rings (SSSR count). The Morgan fingerprint density at radius 3 is 2.29 bits per heavy atom. The zero-order valence-corrected chi connectivity index (χ0v) is 14.1. The summed E-state index contributed by atoms with van der Waals surface area (Å²) in [6, 6.07) is 0. The zero-order valence-electron chi connectivity index (χ0n) is 14.1. The van der Waals surface area contributed by atoms with Gasteiger partial charge >= 0.3 is 0 Å². The lowest BCUT2D eigenvalue weighted by Gasteiger charge is -2.36. The molecular weight excluding hydrogens is 262 g/mol. The molecule has 0 aromatic rings. The molecule has 0 radical (unpaired) electrons. The first-order chi connectivity index (χ1) is 10.1. The molecule has 0 spiro atoms. The topological polar surface area (TPSA) is 35.6 Å². The van der Waals surface area contributed by atoms with Crippen molar-refractivity contribution < 1.29 is 4.79 Å². The molecule has 2 fully saturated rings. The highest BCUT2D eigenvalue weighted by atomic mass is 16.2. The molecule has 2 aliphatic heterocycles. The Bertz CT molecular complexity index is 318. The summed E-state index contributed by atoms with van der Waals surface area (Å²) in [4.78, 5) is 17.1. The maximum Gasteiger partial charge on any atom is 0.222 e. The summed E-state index contributed by atoms with van der Waals surface area (Å²) in [5.74, 6) is 2.36. The second-order valence-corrected chi connectivity index (χ2v) is 7.34. The molecular formula is C17H33N3O. The maximum absolute atomic E-state index is 12.5. The second-order valence-electron chi connectivity index (χ2n) is 7.34. The third-order valence-corrected chi connectivity index (χ3v) is 5.03. The van der Waals surface area contributed by atoms with Crippen molar-refractivity contribution in [3.63, 3.8) is 0 Å². The molecule has 122 valence electrons. The van der Waals surface area contributed by atoms with Crippen LogP contribution >= 0.6 is 0 Å². The number of piperidine rings is 1. The zero-order chi connectivity index (χ0) is 15.2. The van der Waals surface area contributed by atoms with Crippen molar-refractivity contribution in [2.45, 2.75) is 40.0 Å². The lowest BCUT2D eigenvalue weighted by Crippen LogP contribution is -2.49. The minimum absolute atomic E-state index is 0.380. The fourth-order valence-electron chi connectivity index (χ4n) is 3.68. The molecule has 4 heteroatoms. The number of carbonyl (C=O) groups is 1. The van der Waals surface area contributed by atoms with Gasteiger partial charge in [-0.15, -0.1) is 0 Å². The summed E-state index contributed by atoms with van der Waals surface area (Å²) in [6.07, 6.45) is 3.21. The summed E-state index contributed by atoms with van der Waals surface area (Å²) in [6.45, 7) is 14.1. The molecule has 0 aliphatic carbocycles. The van der Waals surface area contributed by atoms with Crippen LogP contribution in [0.3, 0.4) is 0 Å². The van der Waals surface area contributed by atoms with Crippen molar-refractivity contribution in [2.24, 2.45) is 17.8 Å². The van der Waals surface area contributed by atoms with E-state index in [0.29, 0.717) is 17.7 Å². The monoisotopic (exact) mass is 295 g/mol. The second kappa shape index (κ2) is 8.14. The van der Waals surface area contributed by atoms with E-state index in [1.165, 1.54) is 12.8 Å². The number of amides is 1. The molecule has 4 nitrogen and oxygen atoms in total. The van der Waals surface area contributed by atoms with E-state index >= 15 is 0 Å². The van der Waals surface area contributed by atoms with Gasteiger partial charge in [-0.25, -0.2) is 0 Å². The average Bonchev–Trinajstić information content (AvgIpc) is 2.48. The minimum atomic E-state index is 0.380. The molecule has 2 heterocycles. The molecule has 1 amide bonds. The van der Waals surface area contributed by atoms with Crippen LogP contribution in [0.25, 0.3) is 0 Å². The van der Waals surface area contributed by atoms with Crippen LogP contribution in [0.5, 0.6) is 0 Å². The summed E-state index contributed by atoms with van der Waals surface area (Å²) in [5, 5.41) is 3.41. The van der Waals surface area contributed by atoms with Crippen molar-refractivity contribution >= 4 is 5.91 Å². The fourth-order valence-corrected chi connectivity index (χ4v) is 3.68. The van der Waals surface area contributed by atoms with Gasteiger partial charge in [0.1, 0.15) is 0 Å². The van der Waals surface area contributed by atoms with E-state index in [2.05, 4.69) is 35.9 Å². The SMILES string of the molecule is CC(C)CN1CCN(C(=O)CC(C)C2CCNCC2)CC1. The molecule has 0 aromatic heterocycles. The number of hydrogen-bond donors (Lipinski definition) is 1. The van der Waals surface area contributed by atoms with Crippen molar-refractivity contribution in [2.75, 3.05) is 45.8 Å². The highest BCUT2D eigenvalue weighted by Crippen LogP contribution is 2.25. The van der Waals surface area contributed by atoms with Gasteiger partial charge in [-0.05, 0) is 43.7 Å². The summed E-state index contributed by atoms with van der Waals surface area (Å²) < 4.78 is 0. The van der Waals surface area contributed by atoms with Gasteiger partial charge < -0.3 is 10.2 Å². The van der Waals surface area contributed by atoms with Gasteiger partial charge in [0.05, 0.1) is 0 Å². The van der Waals surface area contributed by atoms with Crippen LogP contribution in [0.4, 0.5) is 0 Å². The van der Waals surface area contributed by atoms with Gasteiger partial charge in [-0.3, -0.25) is 9.69 Å². The number of carbonyl (C=O) groups excluding carboxylic acids is 1. The largest absolute Gasteiger partial charge is 0.340 e. The Kier molecular flexibility index (Phi) is 6.49. The average molecular weight is 295 g/mol. The van der Waals surface area contributed by atoms with Gasteiger partial charge in [-0.1, -0.05) is 20.8 Å². The number of nitrogens with zero attached hydrogens (tertiary/aromatic N) is 2. The number of nitrogens with one attached hydrogen (secondary N) is 1. The van der Waals surface area contributed by atoms with Gasteiger partial charge in [0.15, 0.2) is 0 Å². The molecule has 0 saturated carbocycles. The quantitative estimate of drug-likeness (QED) is 0.840. The van der Waals surface area contributed by atoms with E-state index in [4.69, 9.17) is 0 Å². The van der Waals surface area contributed by atoms with Crippen LogP contribution in [0, 0.1) is 17.8 Å². The lowest BCUT2D eigenvalue weighted by atomic mass is 9.84. The first kappa shape index (κ1) is 16.8. The molecule has 0 aromatic carbocycles. The Morgan fingerprint density at radius 1 is 1.10 bits per heavy atom. The van der Waals surface area contributed by atoms with Gasteiger partial charge in [0.25, 0.3) is 0 Å². The summed E-state index contributed by atoms with van der Waals surface area (Å²) >= 11 is 0. The molecule has 21 heavy (non-hydrogen) atoms. The third kappa shape index (κ3) is 5.26. The number of hydrogen-bond acceptors (Lipinski definition) is 3. The Balaban J connectivity index is 1.71. The predicted octanol–water partition coefficient (Wildman–Crippen LogP) is 1.81. The van der Waals surface area contributed by atoms with Crippen LogP contribution < -0.4 is 5.32 Å². The van der Waals surface area contributed by atoms with Gasteiger partial charge in [0.2, 0.25) is 5.91 Å². The van der Waals surface area contributed by atoms with Crippen LogP contribution in [0.2, 0.25) is 0 Å². The van der Waals surface area contributed by atoms with Crippen molar-refractivity contribution in [1.82, 2.24) is 15.1 Å². The van der Waals surface area contributed by atoms with Crippen LogP contribution in [-0.4, -0.2) is 61.5 Å². The normalized spacial score (nSPS) is 23.5. The van der Waals surface area contributed by atoms with Crippen molar-refractivity contribution in [3.05, 3.63) is 0 Å². The van der Waals surface area contributed by atoms with Gasteiger partial charge in [-0.2, -0.15) is 0 Å². The van der Waals surface area contributed by atoms with E-state index in [-0.39, 0.29) is 0 Å². The van der Waals surface area contributed by atoms with Crippen molar-refractivity contribution in [1.29, 1.82) is 0 Å². The number of piperazine rings is 1. The molecule has 1 unspecified atom stereocenters. The Labute approximate surface area is 130 Å². The Morgan fingerprint density at radius 2 is 1.71 bits per heavy atom. The predicted molar refractivity (Wildman–Crippen MR) is 87.2 cm³/mol. The van der Waals surface area contributed by atoms with E-state index in [0.717, 1.165) is 58.2 Å². The maximum atomic E-state index is 12.5. The molecule has 2 saturated heterocycles. The van der Waals surface area contributed by atoms with E-state index in [1.54, 1.807) is 0 Å². The fraction of sp³-hybridized carbons (Fsp3) is 0.941. The molecule has 1 N–H and O–H groups in total. The third-order valence-electron chi connectivity index (χ3n) is 5.03. The van der Waals surface area contributed by atoms with Crippen LogP contribution in [0.1, 0.15) is 40.0 Å².